The Morgan fingerprint density at radius 1 is 1.17 bits per heavy atom. The van der Waals surface area contributed by atoms with E-state index in [1.165, 1.54) is 5.75 Å². The molecule has 0 saturated heterocycles. The van der Waals surface area contributed by atoms with E-state index >= 15 is 0 Å². The molecule has 0 unspecified atom stereocenters. The summed E-state index contributed by atoms with van der Waals surface area (Å²) in [6.07, 6.45) is 6.78. The van der Waals surface area contributed by atoms with E-state index in [1.807, 2.05) is 0 Å². The Morgan fingerprint density at radius 2 is 1.58 bits per heavy atom. The third kappa shape index (κ3) is 2.12. The van der Waals surface area contributed by atoms with E-state index in [0.29, 0.717) is 0 Å². The molecule has 0 heterocycles. The van der Waals surface area contributed by atoms with Crippen LogP contribution in [0.15, 0.2) is 0 Å². The number of hydrogen-bond acceptors (Lipinski definition) is 2. The topological polar surface area (TPSA) is 9.23 Å². The van der Waals surface area contributed by atoms with Crippen LogP contribution in [0.5, 0.6) is 0 Å². The summed E-state index contributed by atoms with van der Waals surface area (Å²) in [5.41, 5.74) is 0. The van der Waals surface area contributed by atoms with Crippen molar-refractivity contribution in [1.82, 2.24) is 0 Å². The summed E-state index contributed by atoms with van der Waals surface area (Å²) in [6, 6.07) is 0. The molecule has 0 aliphatic heterocycles. The van der Waals surface area contributed by atoms with Crippen molar-refractivity contribution in [1.29, 1.82) is 0 Å². The van der Waals surface area contributed by atoms with Gasteiger partial charge in [-0.05, 0) is 44.0 Å². The van der Waals surface area contributed by atoms with Gasteiger partial charge in [0.25, 0.3) is 0 Å². The number of thiol groups is 1. The molecular formula is C9H22OS2. The van der Waals surface area contributed by atoms with Crippen LogP contribution in [-0.4, -0.2) is 23.2 Å². The molecule has 0 amide bonds. The number of hydrogen-bond donors (Lipinski definition) is 1. The van der Waals surface area contributed by atoms with Crippen LogP contribution in [0.25, 0.3) is 0 Å². The van der Waals surface area contributed by atoms with E-state index in [4.69, 9.17) is 4.18 Å². The normalized spacial score (nSPS) is 14.8. The molecule has 0 fully saturated rings. The molecule has 0 aromatic heterocycles. The van der Waals surface area contributed by atoms with Crippen molar-refractivity contribution in [3.8, 4) is 0 Å². The molecule has 0 aliphatic carbocycles. The molecular weight excluding hydrogens is 188 g/mol. The second-order valence-corrected chi connectivity index (χ2v) is 8.12. The second kappa shape index (κ2) is 4.77. The summed E-state index contributed by atoms with van der Waals surface area (Å²) in [6.45, 7) is 6.61. The van der Waals surface area contributed by atoms with Crippen molar-refractivity contribution in [3.05, 3.63) is 0 Å². The molecule has 0 aliphatic rings. The van der Waals surface area contributed by atoms with E-state index in [-0.39, 0.29) is 4.93 Å². The molecule has 12 heavy (non-hydrogen) atoms. The lowest BCUT2D eigenvalue weighted by atomic mass is 10.2. The van der Waals surface area contributed by atoms with E-state index in [1.54, 1.807) is 0 Å². The first kappa shape index (κ1) is 12.7. The Morgan fingerprint density at radius 3 is 1.67 bits per heavy atom. The van der Waals surface area contributed by atoms with Crippen molar-refractivity contribution in [2.75, 3.05) is 18.3 Å². The van der Waals surface area contributed by atoms with Gasteiger partial charge in [0, 0.05) is 0 Å². The average Bonchev–Trinajstić information content (AvgIpc) is 2.08. The highest BCUT2D eigenvalue weighted by molar-refractivity contribution is 8.33. The molecule has 0 spiro atoms. The van der Waals surface area contributed by atoms with Gasteiger partial charge in [-0.2, -0.15) is 0 Å². The predicted octanol–water partition coefficient (Wildman–Crippen LogP) is 3.45. The molecule has 3 heteroatoms. The maximum Gasteiger partial charge on any atom is 0.112 e. The molecule has 0 saturated carbocycles. The van der Waals surface area contributed by atoms with Gasteiger partial charge in [-0.1, -0.05) is 20.8 Å². The monoisotopic (exact) mass is 210 g/mol. The zero-order valence-electron chi connectivity index (χ0n) is 8.89. The van der Waals surface area contributed by atoms with Crippen molar-refractivity contribution in [2.45, 2.75) is 38.5 Å². The van der Waals surface area contributed by atoms with Crippen LogP contribution in [0, 0.1) is 0 Å². The molecule has 76 valence electrons. The van der Waals surface area contributed by atoms with Crippen molar-refractivity contribution < 1.29 is 4.18 Å². The minimum absolute atomic E-state index is 0.0187. The molecule has 0 atom stereocenters. The first-order valence-electron chi connectivity index (χ1n) is 4.52. The lowest BCUT2D eigenvalue weighted by molar-refractivity contribution is 0.191. The molecule has 0 rings (SSSR count). The fraction of sp³-hybridized carbons (Fsp3) is 1.00. The van der Waals surface area contributed by atoms with Crippen LogP contribution < -0.4 is 0 Å². The van der Waals surface area contributed by atoms with Gasteiger partial charge in [0.1, 0.15) is 4.93 Å². The lowest BCUT2D eigenvalue weighted by Gasteiger charge is -2.48. The third-order valence-corrected chi connectivity index (χ3v) is 7.56. The zero-order valence-corrected chi connectivity index (χ0v) is 10.6. The second-order valence-electron chi connectivity index (χ2n) is 3.54. The lowest BCUT2D eigenvalue weighted by Crippen LogP contribution is -2.35. The van der Waals surface area contributed by atoms with E-state index in [2.05, 4.69) is 46.2 Å². The maximum absolute atomic E-state index is 5.42. The van der Waals surface area contributed by atoms with Crippen LogP contribution >= 0.6 is 22.9 Å². The standard InChI is InChI=1S/C9H22OS2/c1-6-9(7-2,10-11)12(4,5)8-3/h11H,6-8H2,1-5H3. The van der Waals surface area contributed by atoms with Crippen molar-refractivity contribution in [3.63, 3.8) is 0 Å². The smallest absolute Gasteiger partial charge is 0.112 e. The van der Waals surface area contributed by atoms with Gasteiger partial charge in [-0.25, -0.2) is 10.0 Å². The minimum Gasteiger partial charge on any atom is -0.303 e. The molecule has 0 bridgehead atoms. The summed E-state index contributed by atoms with van der Waals surface area (Å²) in [7, 11) is -0.671. The van der Waals surface area contributed by atoms with Gasteiger partial charge in [-0.15, -0.1) is 0 Å². The molecule has 0 aromatic rings. The summed E-state index contributed by atoms with van der Waals surface area (Å²) < 4.78 is 5.42. The van der Waals surface area contributed by atoms with Crippen LogP contribution in [-0.2, 0) is 4.18 Å². The van der Waals surface area contributed by atoms with Gasteiger partial charge < -0.3 is 4.18 Å². The van der Waals surface area contributed by atoms with Gasteiger partial charge >= 0.3 is 0 Å². The Labute approximate surface area is 84.2 Å². The quantitative estimate of drug-likeness (QED) is 0.540. The summed E-state index contributed by atoms with van der Waals surface area (Å²) in [4.78, 5) is 0.0187. The van der Waals surface area contributed by atoms with Crippen LogP contribution in [0.3, 0.4) is 0 Å². The third-order valence-electron chi connectivity index (χ3n) is 2.97. The number of rotatable bonds is 5. The van der Waals surface area contributed by atoms with E-state index in [0.717, 1.165) is 12.8 Å². The van der Waals surface area contributed by atoms with Crippen LogP contribution in [0.1, 0.15) is 33.6 Å². The minimum atomic E-state index is -0.671. The molecule has 0 radical (unpaired) electrons. The molecule has 1 nitrogen and oxygen atoms in total. The Hall–Kier alpha value is 0.660. The maximum atomic E-state index is 5.42. The Bertz CT molecular complexity index is 122. The first-order valence-corrected chi connectivity index (χ1v) is 7.51. The van der Waals surface area contributed by atoms with Gasteiger partial charge in [0.15, 0.2) is 0 Å². The Kier molecular flexibility index (Phi) is 5.04. The fourth-order valence-corrected chi connectivity index (χ4v) is 4.68. The molecule has 0 N–H and O–H groups in total. The predicted molar refractivity (Wildman–Crippen MR) is 63.4 cm³/mol. The molecule has 0 aromatic carbocycles. The summed E-state index contributed by atoms with van der Waals surface area (Å²) >= 11 is 4.03. The van der Waals surface area contributed by atoms with Gasteiger partial charge in [-0.3, -0.25) is 0 Å². The highest BCUT2D eigenvalue weighted by atomic mass is 32.3. The SMILES string of the molecule is CCC(CC)(OS)S(C)(C)CC. The van der Waals surface area contributed by atoms with Gasteiger partial charge in [0.05, 0.1) is 0 Å². The Balaban J connectivity index is 4.69. The highest BCUT2D eigenvalue weighted by Crippen LogP contribution is 2.57. The summed E-state index contributed by atoms with van der Waals surface area (Å²) in [5.74, 6) is 1.20. The van der Waals surface area contributed by atoms with E-state index < -0.39 is 10.0 Å². The zero-order chi connectivity index (χ0) is 9.83. The fourth-order valence-electron chi connectivity index (χ4n) is 1.52. The van der Waals surface area contributed by atoms with Gasteiger partial charge in [0.2, 0.25) is 0 Å². The first-order chi connectivity index (χ1) is 5.49. The van der Waals surface area contributed by atoms with Crippen LogP contribution in [0.4, 0.5) is 0 Å². The van der Waals surface area contributed by atoms with E-state index in [9.17, 15) is 0 Å². The largest absolute Gasteiger partial charge is 0.303 e. The average molecular weight is 210 g/mol. The highest BCUT2D eigenvalue weighted by Gasteiger charge is 2.37. The summed E-state index contributed by atoms with van der Waals surface area (Å²) in [5, 5.41) is 0. The van der Waals surface area contributed by atoms with Crippen molar-refractivity contribution in [2.24, 2.45) is 0 Å². The van der Waals surface area contributed by atoms with Crippen molar-refractivity contribution >= 4 is 22.9 Å². The van der Waals surface area contributed by atoms with Crippen LogP contribution in [0.2, 0.25) is 0 Å².